The molecule has 1 aromatic rings. The van der Waals surface area contributed by atoms with Crippen LogP contribution in [-0.2, 0) is 9.59 Å². The molecule has 0 aromatic heterocycles. The second-order valence-electron chi connectivity index (χ2n) is 5.09. The smallest absolute Gasteiger partial charge is 0.224 e. The highest BCUT2D eigenvalue weighted by molar-refractivity contribution is 6.33. The fourth-order valence-electron chi connectivity index (χ4n) is 2.00. The van der Waals surface area contributed by atoms with Crippen LogP contribution in [0.15, 0.2) is 18.2 Å². The van der Waals surface area contributed by atoms with Crippen LogP contribution in [0.5, 0.6) is 0 Å². The maximum Gasteiger partial charge on any atom is 0.224 e. The molecule has 21 heavy (non-hydrogen) atoms. The SMILES string of the molecule is CCCCCCCC(=O)Nc1cc(NC(C)=O)ccc1Cl. The first-order valence-corrected chi connectivity index (χ1v) is 7.77. The fraction of sp³-hybridized carbons (Fsp3) is 0.500. The molecule has 116 valence electrons. The highest BCUT2D eigenvalue weighted by Crippen LogP contribution is 2.25. The Morgan fingerprint density at radius 2 is 1.81 bits per heavy atom. The quantitative estimate of drug-likeness (QED) is 0.689. The van der Waals surface area contributed by atoms with Crippen LogP contribution < -0.4 is 10.6 Å². The van der Waals surface area contributed by atoms with E-state index >= 15 is 0 Å². The summed E-state index contributed by atoms with van der Waals surface area (Å²) in [5, 5.41) is 5.92. The molecule has 0 aliphatic rings. The minimum Gasteiger partial charge on any atom is -0.326 e. The van der Waals surface area contributed by atoms with E-state index in [1.54, 1.807) is 18.2 Å². The lowest BCUT2D eigenvalue weighted by Crippen LogP contribution is -2.12. The van der Waals surface area contributed by atoms with Crippen LogP contribution in [0.25, 0.3) is 0 Å². The highest BCUT2D eigenvalue weighted by atomic mass is 35.5. The van der Waals surface area contributed by atoms with Crippen molar-refractivity contribution in [2.45, 2.75) is 52.4 Å². The molecule has 0 aliphatic carbocycles. The van der Waals surface area contributed by atoms with Gasteiger partial charge in [-0.15, -0.1) is 0 Å². The number of hydrogen-bond donors (Lipinski definition) is 2. The molecular weight excluding hydrogens is 288 g/mol. The predicted octanol–water partition coefficient (Wildman–Crippen LogP) is 4.60. The number of rotatable bonds is 8. The van der Waals surface area contributed by atoms with Crippen LogP contribution in [0.1, 0.15) is 52.4 Å². The standard InChI is InChI=1S/C16H23ClN2O2/c1-3-4-5-6-7-8-16(21)19-15-11-13(18-12(2)20)9-10-14(15)17/h9-11H,3-8H2,1-2H3,(H,18,20)(H,19,21). The van der Waals surface area contributed by atoms with Crippen LogP contribution >= 0.6 is 11.6 Å². The molecule has 0 aliphatic heterocycles. The molecule has 2 N–H and O–H groups in total. The number of halogens is 1. The number of carbonyl (C=O) groups excluding carboxylic acids is 2. The summed E-state index contributed by atoms with van der Waals surface area (Å²) in [4.78, 5) is 22.9. The molecule has 0 atom stereocenters. The Hall–Kier alpha value is -1.55. The molecule has 1 rings (SSSR count). The first-order valence-electron chi connectivity index (χ1n) is 7.40. The zero-order valence-corrected chi connectivity index (χ0v) is 13.4. The van der Waals surface area contributed by atoms with Gasteiger partial charge < -0.3 is 10.6 Å². The second-order valence-corrected chi connectivity index (χ2v) is 5.50. The molecule has 5 heteroatoms. The van der Waals surface area contributed by atoms with E-state index in [9.17, 15) is 9.59 Å². The van der Waals surface area contributed by atoms with Crippen molar-refractivity contribution < 1.29 is 9.59 Å². The molecule has 2 amide bonds. The third-order valence-corrected chi connectivity index (χ3v) is 3.40. The van der Waals surface area contributed by atoms with E-state index in [2.05, 4.69) is 17.6 Å². The van der Waals surface area contributed by atoms with E-state index in [-0.39, 0.29) is 11.8 Å². The molecule has 0 saturated carbocycles. The Kier molecular flexibility index (Phi) is 7.83. The number of hydrogen-bond acceptors (Lipinski definition) is 2. The van der Waals surface area contributed by atoms with Gasteiger partial charge in [0.1, 0.15) is 0 Å². The summed E-state index contributed by atoms with van der Waals surface area (Å²) in [5.74, 6) is -0.209. The monoisotopic (exact) mass is 310 g/mol. The first-order chi connectivity index (χ1) is 10.0. The van der Waals surface area contributed by atoms with Gasteiger partial charge in [-0.3, -0.25) is 9.59 Å². The fourth-order valence-corrected chi connectivity index (χ4v) is 2.17. The van der Waals surface area contributed by atoms with Crippen LogP contribution in [0.2, 0.25) is 5.02 Å². The van der Waals surface area contributed by atoms with Crippen molar-refractivity contribution >= 4 is 34.8 Å². The van der Waals surface area contributed by atoms with Crippen molar-refractivity contribution in [2.75, 3.05) is 10.6 Å². The molecule has 4 nitrogen and oxygen atoms in total. The summed E-state index contributed by atoms with van der Waals surface area (Å²) in [5.41, 5.74) is 1.15. The average Bonchev–Trinajstić information content (AvgIpc) is 2.42. The van der Waals surface area contributed by atoms with Gasteiger partial charge in [0, 0.05) is 19.0 Å². The highest BCUT2D eigenvalue weighted by Gasteiger charge is 2.07. The summed E-state index contributed by atoms with van der Waals surface area (Å²) in [6.07, 6.45) is 6.02. The summed E-state index contributed by atoms with van der Waals surface area (Å²) in [6, 6.07) is 5.02. The van der Waals surface area contributed by atoms with Crippen molar-refractivity contribution in [3.63, 3.8) is 0 Å². The summed E-state index contributed by atoms with van der Waals surface area (Å²) in [6.45, 7) is 3.60. The number of amides is 2. The van der Waals surface area contributed by atoms with Crippen molar-refractivity contribution in [1.29, 1.82) is 0 Å². The molecule has 0 fully saturated rings. The molecule has 0 heterocycles. The molecule has 0 bridgehead atoms. The lowest BCUT2D eigenvalue weighted by Gasteiger charge is -2.10. The molecule has 0 radical (unpaired) electrons. The van der Waals surface area contributed by atoms with Crippen LogP contribution in [0.4, 0.5) is 11.4 Å². The normalized spacial score (nSPS) is 10.2. The van der Waals surface area contributed by atoms with Gasteiger partial charge in [-0.05, 0) is 24.6 Å². The van der Waals surface area contributed by atoms with Crippen LogP contribution in [-0.4, -0.2) is 11.8 Å². The van der Waals surface area contributed by atoms with E-state index in [4.69, 9.17) is 11.6 Å². The van der Waals surface area contributed by atoms with Crippen molar-refractivity contribution in [1.82, 2.24) is 0 Å². The van der Waals surface area contributed by atoms with Crippen molar-refractivity contribution in [2.24, 2.45) is 0 Å². The van der Waals surface area contributed by atoms with Gasteiger partial charge in [0.2, 0.25) is 11.8 Å². The van der Waals surface area contributed by atoms with Gasteiger partial charge >= 0.3 is 0 Å². The number of carbonyl (C=O) groups is 2. The topological polar surface area (TPSA) is 58.2 Å². The average molecular weight is 311 g/mol. The van der Waals surface area contributed by atoms with Gasteiger partial charge in [0.25, 0.3) is 0 Å². The van der Waals surface area contributed by atoms with Crippen LogP contribution in [0, 0.1) is 0 Å². The van der Waals surface area contributed by atoms with Crippen LogP contribution in [0.3, 0.4) is 0 Å². The van der Waals surface area contributed by atoms with E-state index in [1.807, 2.05) is 0 Å². The minimum absolute atomic E-state index is 0.0478. The Labute approximate surface area is 131 Å². The summed E-state index contributed by atoms with van der Waals surface area (Å²) < 4.78 is 0. The molecule has 0 spiro atoms. The van der Waals surface area contributed by atoms with Crippen molar-refractivity contribution in [3.05, 3.63) is 23.2 Å². The van der Waals surface area contributed by atoms with Gasteiger partial charge in [0.15, 0.2) is 0 Å². The largest absolute Gasteiger partial charge is 0.326 e. The number of unbranched alkanes of at least 4 members (excludes halogenated alkanes) is 4. The molecule has 0 saturated heterocycles. The predicted molar refractivity (Wildman–Crippen MR) is 87.8 cm³/mol. The first kappa shape index (κ1) is 17.5. The number of benzene rings is 1. The number of anilines is 2. The van der Waals surface area contributed by atoms with E-state index in [0.29, 0.717) is 22.8 Å². The maximum absolute atomic E-state index is 11.9. The summed E-state index contributed by atoms with van der Waals surface area (Å²) in [7, 11) is 0. The Balaban J connectivity index is 2.49. The van der Waals surface area contributed by atoms with Gasteiger partial charge in [-0.1, -0.05) is 44.2 Å². The van der Waals surface area contributed by atoms with E-state index in [0.717, 1.165) is 12.8 Å². The molecule has 1 aromatic carbocycles. The van der Waals surface area contributed by atoms with E-state index < -0.39 is 0 Å². The molecular formula is C16H23ClN2O2. The Morgan fingerprint density at radius 1 is 1.10 bits per heavy atom. The number of nitrogens with one attached hydrogen (secondary N) is 2. The Bertz CT molecular complexity index is 489. The van der Waals surface area contributed by atoms with Gasteiger partial charge in [0.05, 0.1) is 10.7 Å². The van der Waals surface area contributed by atoms with Gasteiger partial charge in [-0.25, -0.2) is 0 Å². The molecule has 0 unspecified atom stereocenters. The third-order valence-electron chi connectivity index (χ3n) is 3.07. The maximum atomic E-state index is 11.9. The Morgan fingerprint density at radius 3 is 2.48 bits per heavy atom. The van der Waals surface area contributed by atoms with Gasteiger partial charge in [-0.2, -0.15) is 0 Å². The minimum atomic E-state index is -0.162. The van der Waals surface area contributed by atoms with E-state index in [1.165, 1.54) is 26.2 Å². The lowest BCUT2D eigenvalue weighted by atomic mass is 10.1. The zero-order valence-electron chi connectivity index (χ0n) is 12.7. The third kappa shape index (κ3) is 7.14. The second kappa shape index (κ2) is 9.40. The summed E-state index contributed by atoms with van der Waals surface area (Å²) >= 11 is 6.05. The zero-order chi connectivity index (χ0) is 15.7. The van der Waals surface area contributed by atoms with Crippen molar-refractivity contribution in [3.8, 4) is 0 Å². The lowest BCUT2D eigenvalue weighted by molar-refractivity contribution is -0.116.